The molecule has 0 radical (unpaired) electrons. The quantitative estimate of drug-likeness (QED) is 0.856. The Morgan fingerprint density at radius 1 is 1.12 bits per heavy atom. The topological polar surface area (TPSA) is 58.6 Å². The Balaban J connectivity index is 1.66. The Hall–Kier alpha value is -3.08. The standard InChI is InChI=1S/C20H18N2O3/c1-25-16-8-4-5-13(9-16)10-17-20(24)22-12-15-7-3-2-6-14(15)11-18(22)19(23)21-17/h2-10,18H,11-12H2,1H3,(H,21,23). The van der Waals surface area contributed by atoms with Crippen molar-refractivity contribution in [3.8, 4) is 5.75 Å². The van der Waals surface area contributed by atoms with Crippen LogP contribution in [0.2, 0.25) is 0 Å². The second-order valence-corrected chi connectivity index (χ2v) is 6.25. The predicted octanol–water partition coefficient (Wildman–Crippen LogP) is 2.12. The third-order valence-corrected chi connectivity index (χ3v) is 4.71. The maximum absolute atomic E-state index is 12.9. The number of hydrogen-bond donors (Lipinski definition) is 1. The summed E-state index contributed by atoms with van der Waals surface area (Å²) in [4.78, 5) is 27.1. The number of nitrogens with one attached hydrogen (secondary N) is 1. The molecule has 0 aromatic heterocycles. The largest absolute Gasteiger partial charge is 0.497 e. The number of amides is 2. The van der Waals surface area contributed by atoms with Crippen LogP contribution in [0.25, 0.3) is 6.08 Å². The molecule has 1 unspecified atom stereocenters. The zero-order chi connectivity index (χ0) is 17.4. The van der Waals surface area contributed by atoms with Crippen molar-refractivity contribution in [1.29, 1.82) is 0 Å². The minimum atomic E-state index is -0.440. The molecule has 1 saturated heterocycles. The molecule has 2 aliphatic rings. The molecule has 2 heterocycles. The van der Waals surface area contributed by atoms with Gasteiger partial charge in [-0.25, -0.2) is 0 Å². The van der Waals surface area contributed by atoms with Gasteiger partial charge in [-0.15, -0.1) is 0 Å². The molecule has 4 rings (SSSR count). The number of carbonyl (C=O) groups is 2. The summed E-state index contributed by atoms with van der Waals surface area (Å²) in [5.74, 6) is 0.416. The Morgan fingerprint density at radius 3 is 2.72 bits per heavy atom. The normalized spacial score (nSPS) is 20.8. The molecule has 1 fully saturated rings. The summed E-state index contributed by atoms with van der Waals surface area (Å²) in [6.07, 6.45) is 2.25. The van der Waals surface area contributed by atoms with Crippen molar-refractivity contribution in [2.75, 3.05) is 7.11 Å². The smallest absolute Gasteiger partial charge is 0.271 e. The number of piperazine rings is 1. The summed E-state index contributed by atoms with van der Waals surface area (Å²) >= 11 is 0. The Kier molecular flexibility index (Phi) is 3.76. The molecular formula is C20H18N2O3. The fourth-order valence-corrected chi connectivity index (χ4v) is 3.39. The van der Waals surface area contributed by atoms with E-state index < -0.39 is 6.04 Å². The van der Waals surface area contributed by atoms with Crippen LogP contribution in [0.1, 0.15) is 16.7 Å². The molecule has 1 atom stereocenters. The van der Waals surface area contributed by atoms with E-state index >= 15 is 0 Å². The van der Waals surface area contributed by atoms with Gasteiger partial charge in [-0.1, -0.05) is 36.4 Å². The SMILES string of the molecule is COc1cccc(C=C2NC(=O)C3Cc4ccccc4CN3C2=O)c1. The summed E-state index contributed by atoms with van der Waals surface area (Å²) in [5, 5.41) is 2.77. The molecule has 2 aliphatic heterocycles. The van der Waals surface area contributed by atoms with Crippen LogP contribution in [0.5, 0.6) is 5.75 Å². The molecule has 2 amide bonds. The summed E-state index contributed by atoms with van der Waals surface area (Å²) in [5.41, 5.74) is 3.34. The molecule has 1 N–H and O–H groups in total. The average molecular weight is 334 g/mol. The Morgan fingerprint density at radius 2 is 1.92 bits per heavy atom. The first kappa shape index (κ1) is 15.4. The first-order chi connectivity index (χ1) is 12.2. The van der Waals surface area contributed by atoms with E-state index in [1.807, 2.05) is 48.5 Å². The van der Waals surface area contributed by atoms with Crippen molar-refractivity contribution in [2.24, 2.45) is 0 Å². The van der Waals surface area contributed by atoms with Crippen LogP contribution >= 0.6 is 0 Å². The molecule has 0 spiro atoms. The lowest BCUT2D eigenvalue weighted by Gasteiger charge is -2.39. The van der Waals surface area contributed by atoms with Crippen LogP contribution in [-0.2, 0) is 22.6 Å². The fourth-order valence-electron chi connectivity index (χ4n) is 3.39. The van der Waals surface area contributed by atoms with Crippen molar-refractivity contribution >= 4 is 17.9 Å². The fraction of sp³-hybridized carbons (Fsp3) is 0.200. The number of benzene rings is 2. The van der Waals surface area contributed by atoms with Crippen LogP contribution in [0.4, 0.5) is 0 Å². The van der Waals surface area contributed by atoms with Gasteiger partial charge in [-0.2, -0.15) is 0 Å². The first-order valence-corrected chi connectivity index (χ1v) is 8.20. The predicted molar refractivity (Wildman–Crippen MR) is 93.6 cm³/mol. The van der Waals surface area contributed by atoms with Crippen LogP contribution in [0, 0.1) is 0 Å². The lowest BCUT2D eigenvalue weighted by molar-refractivity contribution is -0.143. The third kappa shape index (κ3) is 2.78. The van der Waals surface area contributed by atoms with Gasteiger partial charge in [0.1, 0.15) is 17.5 Å². The number of rotatable bonds is 2. The number of ether oxygens (including phenoxy) is 1. The lowest BCUT2D eigenvalue weighted by atomic mass is 9.91. The zero-order valence-corrected chi connectivity index (χ0v) is 13.9. The molecule has 5 nitrogen and oxygen atoms in total. The highest BCUT2D eigenvalue weighted by molar-refractivity contribution is 6.07. The van der Waals surface area contributed by atoms with Crippen LogP contribution in [0.3, 0.4) is 0 Å². The zero-order valence-electron chi connectivity index (χ0n) is 13.9. The molecular weight excluding hydrogens is 316 g/mol. The molecule has 2 aromatic rings. The summed E-state index contributed by atoms with van der Waals surface area (Å²) in [7, 11) is 1.59. The Bertz CT molecular complexity index is 888. The minimum Gasteiger partial charge on any atom is -0.497 e. The number of methoxy groups -OCH3 is 1. The van der Waals surface area contributed by atoms with E-state index in [9.17, 15) is 9.59 Å². The molecule has 0 bridgehead atoms. The van der Waals surface area contributed by atoms with Crippen LogP contribution in [-0.4, -0.2) is 29.9 Å². The van der Waals surface area contributed by atoms with E-state index in [0.717, 1.165) is 16.7 Å². The molecule has 0 aliphatic carbocycles. The van der Waals surface area contributed by atoms with Gasteiger partial charge in [0, 0.05) is 13.0 Å². The molecule has 5 heteroatoms. The van der Waals surface area contributed by atoms with Crippen molar-refractivity contribution in [3.05, 3.63) is 70.9 Å². The summed E-state index contributed by atoms with van der Waals surface area (Å²) in [6, 6.07) is 14.9. The van der Waals surface area contributed by atoms with E-state index in [0.29, 0.717) is 24.4 Å². The number of carbonyl (C=O) groups excluding carboxylic acids is 2. The van der Waals surface area contributed by atoms with Gasteiger partial charge in [0.05, 0.1) is 7.11 Å². The van der Waals surface area contributed by atoms with Gasteiger partial charge in [0.25, 0.3) is 5.91 Å². The summed E-state index contributed by atoms with van der Waals surface area (Å²) in [6.45, 7) is 0.461. The van der Waals surface area contributed by atoms with E-state index in [4.69, 9.17) is 4.74 Å². The van der Waals surface area contributed by atoms with E-state index in [2.05, 4.69) is 5.32 Å². The van der Waals surface area contributed by atoms with Gasteiger partial charge >= 0.3 is 0 Å². The summed E-state index contributed by atoms with van der Waals surface area (Å²) < 4.78 is 5.20. The maximum Gasteiger partial charge on any atom is 0.271 e. The van der Waals surface area contributed by atoms with E-state index in [1.165, 1.54) is 0 Å². The first-order valence-electron chi connectivity index (χ1n) is 8.20. The van der Waals surface area contributed by atoms with Crippen molar-refractivity contribution in [3.63, 3.8) is 0 Å². The highest BCUT2D eigenvalue weighted by atomic mass is 16.5. The van der Waals surface area contributed by atoms with Crippen molar-refractivity contribution < 1.29 is 14.3 Å². The number of nitrogens with zero attached hydrogens (tertiary/aromatic N) is 1. The molecule has 126 valence electrons. The van der Waals surface area contributed by atoms with E-state index in [1.54, 1.807) is 18.1 Å². The average Bonchev–Trinajstić information content (AvgIpc) is 2.65. The number of fused-ring (bicyclic) bond motifs is 2. The van der Waals surface area contributed by atoms with Crippen molar-refractivity contribution in [2.45, 2.75) is 19.0 Å². The molecule has 2 aromatic carbocycles. The maximum atomic E-state index is 12.9. The second-order valence-electron chi connectivity index (χ2n) is 6.25. The van der Waals surface area contributed by atoms with Gasteiger partial charge < -0.3 is 15.0 Å². The lowest BCUT2D eigenvalue weighted by Crippen LogP contribution is -2.58. The molecule has 25 heavy (non-hydrogen) atoms. The number of hydrogen-bond acceptors (Lipinski definition) is 3. The minimum absolute atomic E-state index is 0.136. The molecule has 0 saturated carbocycles. The highest BCUT2D eigenvalue weighted by Gasteiger charge is 2.40. The Labute approximate surface area is 145 Å². The van der Waals surface area contributed by atoms with Gasteiger partial charge in [-0.05, 0) is 34.9 Å². The van der Waals surface area contributed by atoms with Crippen LogP contribution < -0.4 is 10.1 Å². The van der Waals surface area contributed by atoms with Crippen molar-refractivity contribution in [1.82, 2.24) is 10.2 Å². The van der Waals surface area contributed by atoms with Gasteiger partial charge in [0.15, 0.2) is 0 Å². The second kappa shape index (κ2) is 6.09. The monoisotopic (exact) mass is 334 g/mol. The third-order valence-electron chi connectivity index (χ3n) is 4.71. The van der Waals surface area contributed by atoms with Gasteiger partial charge in [0.2, 0.25) is 5.91 Å². The van der Waals surface area contributed by atoms with E-state index in [-0.39, 0.29) is 11.8 Å². The van der Waals surface area contributed by atoms with Gasteiger partial charge in [-0.3, -0.25) is 9.59 Å². The highest BCUT2D eigenvalue weighted by Crippen LogP contribution is 2.27. The van der Waals surface area contributed by atoms with Crippen LogP contribution in [0.15, 0.2) is 54.2 Å².